The molecule has 7 heteroatoms. The first-order valence-electron chi connectivity index (χ1n) is 9.23. The predicted molar refractivity (Wildman–Crippen MR) is 98.8 cm³/mol. The van der Waals surface area contributed by atoms with E-state index in [1.807, 2.05) is 42.2 Å². The third kappa shape index (κ3) is 4.03. The minimum Gasteiger partial charge on any atom is -0.391 e. The molecule has 1 aromatic carbocycles. The highest BCUT2D eigenvalue weighted by Gasteiger charge is 2.33. The SMILES string of the molecule is CCC1CN(C(=O)c2noc(C)c2CO)CCC(=O)N1Cc1ccccc1. The van der Waals surface area contributed by atoms with E-state index in [1.165, 1.54) is 0 Å². The van der Waals surface area contributed by atoms with E-state index in [4.69, 9.17) is 4.52 Å². The van der Waals surface area contributed by atoms with Gasteiger partial charge in [0.25, 0.3) is 5.91 Å². The number of nitrogens with zero attached hydrogens (tertiary/aromatic N) is 3. The van der Waals surface area contributed by atoms with Crippen molar-refractivity contribution < 1.29 is 19.2 Å². The molecular formula is C20H25N3O4. The first-order valence-corrected chi connectivity index (χ1v) is 9.23. The molecule has 144 valence electrons. The molecule has 1 aliphatic rings. The Morgan fingerprint density at radius 1 is 1.33 bits per heavy atom. The number of benzene rings is 1. The van der Waals surface area contributed by atoms with E-state index in [0.717, 1.165) is 12.0 Å². The lowest BCUT2D eigenvalue weighted by atomic mass is 10.1. The summed E-state index contributed by atoms with van der Waals surface area (Å²) in [6, 6.07) is 9.79. The predicted octanol–water partition coefficient (Wildman–Crippen LogP) is 2.13. The highest BCUT2D eigenvalue weighted by Crippen LogP contribution is 2.21. The number of rotatable bonds is 5. The van der Waals surface area contributed by atoms with E-state index in [2.05, 4.69) is 5.16 Å². The van der Waals surface area contributed by atoms with Gasteiger partial charge in [-0.1, -0.05) is 42.4 Å². The van der Waals surface area contributed by atoms with Crippen molar-refractivity contribution in [1.82, 2.24) is 15.0 Å². The summed E-state index contributed by atoms with van der Waals surface area (Å²) in [5.74, 6) is 0.174. The molecule has 0 aliphatic carbocycles. The Kier molecular flexibility index (Phi) is 5.91. The average Bonchev–Trinajstić information content (AvgIpc) is 2.99. The number of amides is 2. The second-order valence-corrected chi connectivity index (χ2v) is 6.79. The van der Waals surface area contributed by atoms with Gasteiger partial charge in [-0.15, -0.1) is 0 Å². The molecule has 1 fully saturated rings. The van der Waals surface area contributed by atoms with Gasteiger partial charge in [-0.2, -0.15) is 0 Å². The number of aromatic nitrogens is 1. The van der Waals surface area contributed by atoms with Crippen molar-refractivity contribution in [2.45, 2.75) is 45.9 Å². The van der Waals surface area contributed by atoms with Crippen LogP contribution in [0, 0.1) is 6.92 Å². The molecule has 2 amide bonds. The fourth-order valence-electron chi connectivity index (χ4n) is 3.45. The van der Waals surface area contributed by atoms with Gasteiger partial charge in [0.05, 0.1) is 12.2 Å². The van der Waals surface area contributed by atoms with E-state index in [-0.39, 0.29) is 36.6 Å². The Morgan fingerprint density at radius 3 is 2.74 bits per heavy atom. The summed E-state index contributed by atoms with van der Waals surface area (Å²) in [5, 5.41) is 13.3. The molecule has 7 nitrogen and oxygen atoms in total. The quantitative estimate of drug-likeness (QED) is 0.870. The Bertz CT molecular complexity index is 803. The Balaban J connectivity index is 1.80. The molecule has 1 aliphatic heterocycles. The van der Waals surface area contributed by atoms with Crippen LogP contribution in [0.15, 0.2) is 34.9 Å². The molecule has 1 N–H and O–H groups in total. The summed E-state index contributed by atoms with van der Waals surface area (Å²) in [6.45, 7) is 4.67. The zero-order valence-electron chi connectivity index (χ0n) is 15.7. The lowest BCUT2D eigenvalue weighted by Gasteiger charge is -2.31. The van der Waals surface area contributed by atoms with E-state index >= 15 is 0 Å². The van der Waals surface area contributed by atoms with E-state index in [9.17, 15) is 14.7 Å². The third-order valence-corrected chi connectivity index (χ3v) is 5.09. The van der Waals surface area contributed by atoms with Crippen LogP contribution in [0.3, 0.4) is 0 Å². The molecule has 1 atom stereocenters. The van der Waals surface area contributed by atoms with Crippen LogP contribution < -0.4 is 0 Å². The number of hydrogen-bond donors (Lipinski definition) is 1. The maximum Gasteiger partial charge on any atom is 0.276 e. The molecule has 1 unspecified atom stereocenters. The van der Waals surface area contributed by atoms with E-state index in [0.29, 0.717) is 31.0 Å². The van der Waals surface area contributed by atoms with Crippen LogP contribution in [0.2, 0.25) is 0 Å². The van der Waals surface area contributed by atoms with Crippen LogP contribution in [-0.2, 0) is 17.9 Å². The van der Waals surface area contributed by atoms with Gasteiger partial charge < -0.3 is 19.4 Å². The number of aryl methyl sites for hydroxylation is 1. The molecule has 27 heavy (non-hydrogen) atoms. The van der Waals surface area contributed by atoms with Crippen molar-refractivity contribution in [2.24, 2.45) is 0 Å². The summed E-state index contributed by atoms with van der Waals surface area (Å²) in [4.78, 5) is 29.2. The topological polar surface area (TPSA) is 86.9 Å². The standard InChI is InChI=1S/C20H25N3O4/c1-3-16-12-22(20(26)19-17(13-24)14(2)27-21-19)10-9-18(25)23(16)11-15-7-5-4-6-8-15/h4-8,16,24H,3,9-13H2,1-2H3. The first-order chi connectivity index (χ1) is 13.0. The van der Waals surface area contributed by atoms with Gasteiger partial charge in [0.2, 0.25) is 5.91 Å². The fraction of sp³-hybridized carbons (Fsp3) is 0.450. The molecule has 0 radical (unpaired) electrons. The maximum absolute atomic E-state index is 12.9. The van der Waals surface area contributed by atoms with Gasteiger partial charge in [0.15, 0.2) is 5.69 Å². The Hall–Kier alpha value is -2.67. The van der Waals surface area contributed by atoms with Crippen LogP contribution >= 0.6 is 0 Å². The lowest BCUT2D eigenvalue weighted by molar-refractivity contribution is -0.133. The smallest absolute Gasteiger partial charge is 0.276 e. The van der Waals surface area contributed by atoms with Gasteiger partial charge in [0.1, 0.15) is 5.76 Å². The van der Waals surface area contributed by atoms with Gasteiger partial charge in [0, 0.05) is 32.1 Å². The molecule has 0 spiro atoms. The normalized spacial score (nSPS) is 17.9. The van der Waals surface area contributed by atoms with Crippen LogP contribution in [-0.4, -0.2) is 51.0 Å². The molecular weight excluding hydrogens is 346 g/mol. The summed E-state index contributed by atoms with van der Waals surface area (Å²) in [7, 11) is 0. The van der Waals surface area contributed by atoms with Crippen molar-refractivity contribution in [3.63, 3.8) is 0 Å². The first kappa shape index (κ1) is 19.1. The van der Waals surface area contributed by atoms with Gasteiger partial charge in [-0.3, -0.25) is 9.59 Å². The van der Waals surface area contributed by atoms with Gasteiger partial charge >= 0.3 is 0 Å². The highest BCUT2D eigenvalue weighted by atomic mass is 16.5. The minimum atomic E-state index is -0.305. The Labute approximate surface area is 158 Å². The number of carbonyl (C=O) groups is 2. The van der Waals surface area contributed by atoms with Crippen molar-refractivity contribution in [3.05, 3.63) is 52.9 Å². The summed E-state index contributed by atoms with van der Waals surface area (Å²) < 4.78 is 5.07. The van der Waals surface area contributed by atoms with Crippen molar-refractivity contribution >= 4 is 11.8 Å². The van der Waals surface area contributed by atoms with E-state index < -0.39 is 0 Å². The van der Waals surface area contributed by atoms with Crippen LogP contribution in [0.5, 0.6) is 0 Å². The number of carbonyl (C=O) groups excluding carboxylic acids is 2. The number of hydrogen-bond acceptors (Lipinski definition) is 5. The molecule has 2 aromatic rings. The fourth-order valence-corrected chi connectivity index (χ4v) is 3.45. The maximum atomic E-state index is 12.9. The third-order valence-electron chi connectivity index (χ3n) is 5.09. The van der Waals surface area contributed by atoms with Crippen molar-refractivity contribution in [3.8, 4) is 0 Å². The van der Waals surface area contributed by atoms with Crippen molar-refractivity contribution in [2.75, 3.05) is 13.1 Å². The van der Waals surface area contributed by atoms with Gasteiger partial charge in [-0.25, -0.2) is 0 Å². The molecule has 0 bridgehead atoms. The molecule has 1 saturated heterocycles. The minimum absolute atomic E-state index is 0.0414. The highest BCUT2D eigenvalue weighted by molar-refractivity contribution is 5.94. The summed E-state index contributed by atoms with van der Waals surface area (Å²) in [5.41, 5.74) is 1.61. The number of aliphatic hydroxyl groups excluding tert-OH is 1. The van der Waals surface area contributed by atoms with E-state index in [1.54, 1.807) is 11.8 Å². The zero-order valence-corrected chi connectivity index (χ0v) is 15.7. The summed E-state index contributed by atoms with van der Waals surface area (Å²) in [6.07, 6.45) is 1.01. The second kappa shape index (κ2) is 8.35. The molecule has 3 rings (SSSR count). The second-order valence-electron chi connectivity index (χ2n) is 6.79. The summed E-state index contributed by atoms with van der Waals surface area (Å²) >= 11 is 0. The van der Waals surface area contributed by atoms with Crippen LogP contribution in [0.4, 0.5) is 0 Å². The van der Waals surface area contributed by atoms with Crippen LogP contribution in [0.1, 0.15) is 47.1 Å². The number of aliphatic hydroxyl groups is 1. The molecule has 2 heterocycles. The van der Waals surface area contributed by atoms with Crippen LogP contribution in [0.25, 0.3) is 0 Å². The molecule has 1 aromatic heterocycles. The monoisotopic (exact) mass is 371 g/mol. The molecule has 0 saturated carbocycles. The van der Waals surface area contributed by atoms with Gasteiger partial charge in [-0.05, 0) is 18.9 Å². The van der Waals surface area contributed by atoms with Crippen molar-refractivity contribution in [1.29, 1.82) is 0 Å². The Morgan fingerprint density at radius 2 is 2.07 bits per heavy atom. The average molecular weight is 371 g/mol. The zero-order chi connectivity index (χ0) is 19.4. The largest absolute Gasteiger partial charge is 0.391 e. The lowest BCUT2D eigenvalue weighted by Crippen LogP contribution is -2.44.